The first-order chi connectivity index (χ1) is 26.7. The number of allylic oxidation sites excluding steroid dienone is 1. The molecule has 0 saturated carbocycles. The standard InChI is InChI=1S/C42H54N2O10S/c1-8-11-33(29-25-36(50-5)38(52-7)37(26-29)51-6)40(45)44-19-23-55-39(42(44,41(46)47)30-14-15-34(48-3)35(27-30)49-4)32(9-2)28-12-10-13-31(24-28)54-22-18-43-16-20-53-21-17-43/h8,10,12-15,24-27,32-33,39H,1,9,11,16-23H2,2-7H3,(H,46,47)/t32?,33-,39+,42-/m0/s1. The Morgan fingerprint density at radius 1 is 0.909 bits per heavy atom. The van der Waals surface area contributed by atoms with Crippen LogP contribution < -0.4 is 28.4 Å². The molecule has 0 aliphatic carbocycles. The van der Waals surface area contributed by atoms with Gasteiger partial charge in [-0.1, -0.05) is 31.2 Å². The largest absolute Gasteiger partial charge is 0.493 e. The molecule has 1 N–H and O–H groups in total. The molecule has 0 bridgehead atoms. The Morgan fingerprint density at radius 2 is 1.60 bits per heavy atom. The minimum absolute atomic E-state index is 0.180. The van der Waals surface area contributed by atoms with E-state index in [9.17, 15) is 9.90 Å². The van der Waals surface area contributed by atoms with Crippen LogP contribution in [-0.2, 0) is 19.9 Å². The predicted octanol–water partition coefficient (Wildman–Crippen LogP) is 6.22. The maximum atomic E-state index is 15.3. The molecule has 55 heavy (non-hydrogen) atoms. The van der Waals surface area contributed by atoms with Gasteiger partial charge in [0.1, 0.15) is 12.4 Å². The zero-order chi connectivity index (χ0) is 39.5. The number of aliphatic carboxylic acids is 1. The summed E-state index contributed by atoms with van der Waals surface area (Å²) in [5, 5.41) is 11.1. The number of amides is 1. The van der Waals surface area contributed by atoms with E-state index in [1.54, 1.807) is 53.1 Å². The van der Waals surface area contributed by atoms with Crippen LogP contribution in [0.3, 0.4) is 0 Å². The second kappa shape index (κ2) is 19.3. The number of thioether (sulfide) groups is 1. The molecule has 2 heterocycles. The predicted molar refractivity (Wildman–Crippen MR) is 213 cm³/mol. The SMILES string of the molecule is C=CC[C@H](C(=O)N1CCS[C@H](C(CC)c2cccc(OCCN3CCOCC3)c2)[C@]1(C(=O)O)c1ccc(OC)c(OC)c1)c1cc(OC)c(OC)c(OC)c1. The highest BCUT2D eigenvalue weighted by atomic mass is 32.2. The van der Waals surface area contributed by atoms with Crippen molar-refractivity contribution >= 4 is 23.6 Å². The van der Waals surface area contributed by atoms with E-state index in [2.05, 4.69) is 18.4 Å². The fourth-order valence-corrected chi connectivity index (χ4v) is 9.51. The van der Waals surface area contributed by atoms with Crippen LogP contribution in [0.5, 0.6) is 34.5 Å². The number of carbonyl (C=O) groups excluding carboxylic acids is 1. The third-order valence-corrected chi connectivity index (χ3v) is 12.0. The third-order valence-electron chi connectivity index (χ3n) is 10.5. The highest BCUT2D eigenvalue weighted by Crippen LogP contribution is 2.52. The van der Waals surface area contributed by atoms with Crippen LogP contribution in [-0.4, -0.2) is 119 Å². The molecule has 2 aliphatic rings. The Labute approximate surface area is 328 Å². The average Bonchev–Trinajstić information content (AvgIpc) is 3.22. The summed E-state index contributed by atoms with van der Waals surface area (Å²) < 4.78 is 39.9. The lowest BCUT2D eigenvalue weighted by molar-refractivity contribution is -0.162. The van der Waals surface area contributed by atoms with E-state index in [1.165, 1.54) is 35.5 Å². The number of methoxy groups -OCH3 is 5. The van der Waals surface area contributed by atoms with Gasteiger partial charge in [0.05, 0.1) is 59.9 Å². The summed E-state index contributed by atoms with van der Waals surface area (Å²) >= 11 is 1.56. The van der Waals surface area contributed by atoms with Gasteiger partial charge in [-0.2, -0.15) is 11.8 Å². The second-order valence-corrected chi connectivity index (χ2v) is 14.6. The van der Waals surface area contributed by atoms with Crippen molar-refractivity contribution < 1.29 is 47.9 Å². The molecule has 0 radical (unpaired) electrons. The van der Waals surface area contributed by atoms with E-state index in [-0.39, 0.29) is 24.8 Å². The number of carboxylic acid groups (broad SMARTS) is 1. The molecule has 13 heteroatoms. The van der Waals surface area contributed by atoms with E-state index in [0.717, 1.165) is 25.2 Å². The van der Waals surface area contributed by atoms with Crippen molar-refractivity contribution in [3.8, 4) is 34.5 Å². The zero-order valence-corrected chi connectivity index (χ0v) is 33.5. The molecule has 0 aromatic heterocycles. The number of carbonyl (C=O) groups is 2. The maximum absolute atomic E-state index is 15.3. The monoisotopic (exact) mass is 778 g/mol. The van der Waals surface area contributed by atoms with Crippen LogP contribution in [0.2, 0.25) is 0 Å². The molecule has 12 nitrogen and oxygen atoms in total. The quantitative estimate of drug-likeness (QED) is 0.148. The number of ether oxygens (including phenoxy) is 7. The van der Waals surface area contributed by atoms with Gasteiger partial charge in [0, 0.05) is 31.9 Å². The van der Waals surface area contributed by atoms with Crippen molar-refractivity contribution in [1.82, 2.24) is 9.80 Å². The van der Waals surface area contributed by atoms with Gasteiger partial charge in [-0.3, -0.25) is 9.69 Å². The highest BCUT2D eigenvalue weighted by molar-refractivity contribution is 8.00. The summed E-state index contributed by atoms with van der Waals surface area (Å²) in [5.74, 6) is 0.538. The highest BCUT2D eigenvalue weighted by Gasteiger charge is 2.59. The minimum atomic E-state index is -1.84. The van der Waals surface area contributed by atoms with E-state index >= 15 is 4.79 Å². The van der Waals surface area contributed by atoms with E-state index in [1.807, 2.05) is 24.3 Å². The normalized spacial score (nSPS) is 19.8. The minimum Gasteiger partial charge on any atom is -0.493 e. The number of benzene rings is 3. The first-order valence-corrected chi connectivity index (χ1v) is 19.6. The van der Waals surface area contributed by atoms with Gasteiger partial charge in [0.15, 0.2) is 28.5 Å². The summed E-state index contributed by atoms with van der Waals surface area (Å²) in [6, 6.07) is 16.5. The van der Waals surface area contributed by atoms with Crippen LogP contribution in [0.15, 0.2) is 67.3 Å². The van der Waals surface area contributed by atoms with Crippen molar-refractivity contribution in [2.45, 2.75) is 42.4 Å². The van der Waals surface area contributed by atoms with Crippen LogP contribution in [0.25, 0.3) is 0 Å². The Hall–Kier alpha value is -4.59. The van der Waals surface area contributed by atoms with Gasteiger partial charge in [-0.15, -0.1) is 6.58 Å². The molecule has 2 aliphatic heterocycles. The number of hydrogen-bond acceptors (Lipinski definition) is 11. The summed E-state index contributed by atoms with van der Waals surface area (Å²) in [6.45, 7) is 10.7. The number of morpholine rings is 1. The van der Waals surface area contributed by atoms with Crippen molar-refractivity contribution in [2.75, 3.05) is 87.3 Å². The Kier molecular flexibility index (Phi) is 14.6. The van der Waals surface area contributed by atoms with Crippen molar-refractivity contribution in [3.05, 3.63) is 83.9 Å². The Balaban J connectivity index is 1.63. The average molecular weight is 779 g/mol. The molecule has 298 valence electrons. The molecule has 3 aromatic rings. The molecule has 0 spiro atoms. The lowest BCUT2D eigenvalue weighted by Gasteiger charge is -2.52. The van der Waals surface area contributed by atoms with E-state index in [0.29, 0.717) is 77.6 Å². The zero-order valence-electron chi connectivity index (χ0n) is 32.7. The smallest absolute Gasteiger partial charge is 0.335 e. The number of hydrogen-bond donors (Lipinski definition) is 1. The Morgan fingerprint density at radius 3 is 2.20 bits per heavy atom. The van der Waals surface area contributed by atoms with E-state index < -0.39 is 22.7 Å². The first-order valence-electron chi connectivity index (χ1n) is 18.5. The van der Waals surface area contributed by atoms with Gasteiger partial charge in [-0.25, -0.2) is 4.79 Å². The fourth-order valence-electron chi connectivity index (χ4n) is 7.78. The van der Waals surface area contributed by atoms with Crippen LogP contribution in [0.1, 0.15) is 48.3 Å². The second-order valence-electron chi connectivity index (χ2n) is 13.3. The molecule has 4 atom stereocenters. The van der Waals surface area contributed by atoms with Crippen molar-refractivity contribution in [3.63, 3.8) is 0 Å². The summed E-state index contributed by atoms with van der Waals surface area (Å²) in [7, 11) is 7.58. The maximum Gasteiger partial charge on any atom is 0.335 e. The van der Waals surface area contributed by atoms with Gasteiger partial charge >= 0.3 is 5.97 Å². The molecule has 2 fully saturated rings. The van der Waals surface area contributed by atoms with Gasteiger partial charge < -0.3 is 43.2 Å². The molecule has 1 unspecified atom stereocenters. The van der Waals surface area contributed by atoms with Gasteiger partial charge in [-0.05, 0) is 71.8 Å². The number of rotatable bonds is 18. The number of carboxylic acids is 1. The molecule has 1 amide bonds. The third kappa shape index (κ3) is 8.63. The molecular weight excluding hydrogens is 725 g/mol. The number of nitrogens with zero attached hydrogens (tertiary/aromatic N) is 2. The van der Waals surface area contributed by atoms with Gasteiger partial charge in [0.2, 0.25) is 11.7 Å². The first kappa shape index (κ1) is 41.6. The molecule has 2 saturated heterocycles. The Bertz CT molecular complexity index is 1760. The van der Waals surface area contributed by atoms with Crippen LogP contribution in [0, 0.1) is 0 Å². The van der Waals surface area contributed by atoms with Crippen molar-refractivity contribution in [1.29, 1.82) is 0 Å². The van der Waals surface area contributed by atoms with Crippen LogP contribution >= 0.6 is 11.8 Å². The molecule has 5 rings (SSSR count). The lowest BCUT2D eigenvalue weighted by Crippen LogP contribution is -2.65. The molecule has 3 aromatic carbocycles. The fraction of sp³-hybridized carbons (Fsp3) is 0.476. The summed E-state index contributed by atoms with van der Waals surface area (Å²) in [6.07, 6.45) is 2.50. The summed E-state index contributed by atoms with van der Waals surface area (Å²) in [4.78, 5) is 33.6. The van der Waals surface area contributed by atoms with E-state index in [4.69, 9.17) is 33.2 Å². The van der Waals surface area contributed by atoms with Crippen LogP contribution in [0.4, 0.5) is 0 Å². The van der Waals surface area contributed by atoms with Gasteiger partial charge in [0.25, 0.3) is 0 Å². The van der Waals surface area contributed by atoms with Crippen molar-refractivity contribution in [2.24, 2.45) is 0 Å². The topological polar surface area (TPSA) is 125 Å². The summed E-state index contributed by atoms with van der Waals surface area (Å²) in [5.41, 5.74) is 0.0705. The lowest BCUT2D eigenvalue weighted by atomic mass is 9.74. The molecular formula is C42H54N2O10S.